The number of rotatable bonds is 8. The molecule has 0 radical (unpaired) electrons. The second-order valence-corrected chi connectivity index (χ2v) is 7.21. The second kappa shape index (κ2) is 10.7. The predicted octanol–water partition coefficient (Wildman–Crippen LogP) is -5.24. The molecule has 2 heterocycles. The Morgan fingerprint density at radius 3 is 2.03 bits per heavy atom. The first-order valence-corrected chi connectivity index (χ1v) is 9.30. The maximum absolute atomic E-state index is 11.9. The van der Waals surface area contributed by atoms with E-state index in [4.69, 9.17) is 19.3 Å². The third-order valence-electron chi connectivity index (χ3n) is 4.98. The SMILES string of the molecule is C=C(CC(=O)N[C@@H]1O[C@H](CO)[C@@H](O[C@@H]2O[C@H](CO)[C@@H](O)[C@H](O)[C@H]2O)[C@H](O)[C@H]1O)C(=O)O. The number of carboxylic acid groups (broad SMARTS) is 1. The van der Waals surface area contributed by atoms with Crippen molar-refractivity contribution in [3.8, 4) is 0 Å². The van der Waals surface area contributed by atoms with Crippen LogP contribution in [0, 0.1) is 0 Å². The van der Waals surface area contributed by atoms with Crippen molar-refractivity contribution in [2.75, 3.05) is 13.2 Å². The van der Waals surface area contributed by atoms with Crippen molar-refractivity contribution in [1.82, 2.24) is 5.32 Å². The zero-order chi connectivity index (χ0) is 23.5. The fraction of sp³-hybridized carbons (Fsp3) is 0.765. The van der Waals surface area contributed by atoms with Crippen LogP contribution in [-0.4, -0.2) is 127 Å². The molecule has 9 N–H and O–H groups in total. The number of hydrogen-bond acceptors (Lipinski definition) is 12. The third-order valence-corrected chi connectivity index (χ3v) is 4.98. The van der Waals surface area contributed by atoms with E-state index in [-0.39, 0.29) is 0 Å². The highest BCUT2D eigenvalue weighted by molar-refractivity contribution is 5.93. The first kappa shape index (κ1) is 25.5. The minimum Gasteiger partial charge on any atom is -0.478 e. The lowest BCUT2D eigenvalue weighted by molar-refractivity contribution is -0.343. The van der Waals surface area contributed by atoms with Gasteiger partial charge in [-0.2, -0.15) is 0 Å². The van der Waals surface area contributed by atoms with Gasteiger partial charge in [0, 0.05) is 5.57 Å². The number of aliphatic carboxylic acids is 1. The maximum Gasteiger partial charge on any atom is 0.331 e. The number of hydrogen-bond donors (Lipinski definition) is 9. The summed E-state index contributed by atoms with van der Waals surface area (Å²) in [5.41, 5.74) is -0.425. The molecule has 0 aromatic heterocycles. The topological polar surface area (TPSA) is 236 Å². The van der Waals surface area contributed by atoms with Crippen molar-refractivity contribution < 1.29 is 64.7 Å². The van der Waals surface area contributed by atoms with Crippen LogP contribution in [0.2, 0.25) is 0 Å². The molecule has 10 atom stereocenters. The third kappa shape index (κ3) is 5.75. The summed E-state index contributed by atoms with van der Waals surface area (Å²) in [5, 5.41) is 80.1. The fourth-order valence-corrected chi connectivity index (χ4v) is 3.19. The van der Waals surface area contributed by atoms with Gasteiger partial charge in [-0.1, -0.05) is 6.58 Å². The van der Waals surface area contributed by atoms with Gasteiger partial charge in [-0.3, -0.25) is 4.79 Å². The highest BCUT2D eigenvalue weighted by atomic mass is 16.7. The molecule has 0 spiro atoms. The number of nitrogens with one attached hydrogen (secondary N) is 1. The Morgan fingerprint density at radius 2 is 1.48 bits per heavy atom. The van der Waals surface area contributed by atoms with Gasteiger partial charge in [0.05, 0.1) is 19.6 Å². The second-order valence-electron chi connectivity index (χ2n) is 7.21. The van der Waals surface area contributed by atoms with Crippen molar-refractivity contribution in [2.24, 2.45) is 0 Å². The van der Waals surface area contributed by atoms with Crippen LogP contribution in [0.4, 0.5) is 0 Å². The molecule has 0 aromatic carbocycles. The van der Waals surface area contributed by atoms with Crippen LogP contribution in [0.3, 0.4) is 0 Å². The predicted molar refractivity (Wildman–Crippen MR) is 95.9 cm³/mol. The average Bonchev–Trinajstić information content (AvgIpc) is 2.73. The lowest BCUT2D eigenvalue weighted by Crippen LogP contribution is -2.66. The standard InChI is InChI=1S/C17H27NO13/c1-5(16(27)28)2-8(21)18-15-12(25)11(24)14(7(4-20)29-15)31-17-13(26)10(23)9(22)6(3-19)30-17/h6-7,9-15,17,19-20,22-26H,1-4H2,(H,18,21)(H,27,28)/t6-,7-,9-,10+,11-,12-,13-,14-,15-,17+/m1/s1. The van der Waals surface area contributed by atoms with E-state index < -0.39 is 98.4 Å². The number of aliphatic hydroxyl groups excluding tert-OH is 7. The number of carboxylic acids is 1. The Labute approximate surface area is 175 Å². The summed E-state index contributed by atoms with van der Waals surface area (Å²) in [4.78, 5) is 22.7. The molecule has 2 aliphatic heterocycles. The van der Waals surface area contributed by atoms with Crippen molar-refractivity contribution in [3.05, 3.63) is 12.2 Å². The first-order valence-electron chi connectivity index (χ1n) is 9.30. The molecule has 14 nitrogen and oxygen atoms in total. The molecule has 0 bridgehead atoms. The lowest BCUT2D eigenvalue weighted by atomic mass is 9.96. The quantitative estimate of drug-likeness (QED) is 0.156. The largest absolute Gasteiger partial charge is 0.478 e. The zero-order valence-electron chi connectivity index (χ0n) is 16.2. The van der Waals surface area contributed by atoms with E-state index >= 15 is 0 Å². The lowest BCUT2D eigenvalue weighted by Gasteiger charge is -2.46. The van der Waals surface area contributed by atoms with Crippen LogP contribution in [0.1, 0.15) is 6.42 Å². The van der Waals surface area contributed by atoms with Gasteiger partial charge in [-0.05, 0) is 0 Å². The molecule has 31 heavy (non-hydrogen) atoms. The van der Waals surface area contributed by atoms with Crippen LogP contribution < -0.4 is 5.32 Å². The van der Waals surface area contributed by atoms with Crippen LogP contribution in [0.25, 0.3) is 0 Å². The van der Waals surface area contributed by atoms with E-state index in [1.165, 1.54) is 0 Å². The van der Waals surface area contributed by atoms with Gasteiger partial charge in [-0.25, -0.2) is 4.79 Å². The molecule has 0 saturated carbocycles. The van der Waals surface area contributed by atoms with E-state index in [1.54, 1.807) is 0 Å². The Morgan fingerprint density at radius 1 is 0.871 bits per heavy atom. The average molecular weight is 453 g/mol. The summed E-state index contributed by atoms with van der Waals surface area (Å²) in [7, 11) is 0. The van der Waals surface area contributed by atoms with Crippen LogP contribution in [-0.2, 0) is 23.8 Å². The Balaban J connectivity index is 2.07. The maximum atomic E-state index is 11.9. The highest BCUT2D eigenvalue weighted by Crippen LogP contribution is 2.28. The van der Waals surface area contributed by atoms with E-state index in [1.807, 2.05) is 0 Å². The van der Waals surface area contributed by atoms with Gasteiger partial charge >= 0.3 is 5.97 Å². The molecular formula is C17H27NO13. The summed E-state index contributed by atoms with van der Waals surface area (Å²) in [6, 6.07) is 0. The molecule has 0 aromatic rings. The van der Waals surface area contributed by atoms with E-state index in [0.717, 1.165) is 0 Å². The number of aliphatic hydroxyl groups is 7. The molecule has 14 heteroatoms. The molecule has 2 saturated heterocycles. The van der Waals surface area contributed by atoms with Crippen LogP contribution >= 0.6 is 0 Å². The highest BCUT2D eigenvalue weighted by Gasteiger charge is 2.50. The summed E-state index contributed by atoms with van der Waals surface area (Å²) in [6.45, 7) is 1.69. The summed E-state index contributed by atoms with van der Waals surface area (Å²) >= 11 is 0. The van der Waals surface area contributed by atoms with E-state index in [2.05, 4.69) is 11.9 Å². The van der Waals surface area contributed by atoms with Gasteiger partial charge in [0.15, 0.2) is 12.5 Å². The molecule has 2 fully saturated rings. The Bertz CT molecular complexity index is 656. The van der Waals surface area contributed by atoms with Crippen molar-refractivity contribution in [1.29, 1.82) is 0 Å². The van der Waals surface area contributed by atoms with Gasteiger partial charge in [0.2, 0.25) is 5.91 Å². The van der Waals surface area contributed by atoms with Crippen LogP contribution in [0.15, 0.2) is 12.2 Å². The smallest absolute Gasteiger partial charge is 0.331 e. The van der Waals surface area contributed by atoms with E-state index in [0.29, 0.717) is 0 Å². The fourth-order valence-electron chi connectivity index (χ4n) is 3.19. The van der Waals surface area contributed by atoms with Gasteiger partial charge in [-0.15, -0.1) is 0 Å². The Kier molecular flexibility index (Phi) is 8.84. The Hall–Kier alpha value is -1.72. The number of carbonyl (C=O) groups is 2. The number of carbonyl (C=O) groups excluding carboxylic acids is 1. The van der Waals surface area contributed by atoms with Crippen molar-refractivity contribution in [3.63, 3.8) is 0 Å². The number of ether oxygens (including phenoxy) is 3. The van der Waals surface area contributed by atoms with Gasteiger partial charge < -0.3 is 60.4 Å². The molecule has 0 aliphatic carbocycles. The number of amides is 1. The molecule has 2 rings (SSSR count). The minimum absolute atomic E-state index is 0.425. The summed E-state index contributed by atoms with van der Waals surface area (Å²) in [6.07, 6.45) is -16.8. The minimum atomic E-state index is -1.81. The van der Waals surface area contributed by atoms with Crippen LogP contribution in [0.5, 0.6) is 0 Å². The summed E-state index contributed by atoms with van der Waals surface area (Å²) in [5.74, 6) is -2.28. The van der Waals surface area contributed by atoms with Crippen molar-refractivity contribution >= 4 is 11.9 Å². The first-order chi connectivity index (χ1) is 14.5. The molecule has 0 unspecified atom stereocenters. The zero-order valence-corrected chi connectivity index (χ0v) is 16.2. The van der Waals surface area contributed by atoms with Crippen molar-refractivity contribution in [2.45, 2.75) is 67.8 Å². The molecular weight excluding hydrogens is 426 g/mol. The van der Waals surface area contributed by atoms with Gasteiger partial charge in [0.25, 0.3) is 0 Å². The summed E-state index contributed by atoms with van der Waals surface area (Å²) < 4.78 is 15.9. The monoisotopic (exact) mass is 453 g/mol. The van der Waals surface area contributed by atoms with E-state index in [9.17, 15) is 45.3 Å². The normalized spacial score (nSPS) is 40.9. The molecule has 178 valence electrons. The molecule has 1 amide bonds. The molecule has 2 aliphatic rings. The van der Waals surface area contributed by atoms with Gasteiger partial charge in [0.1, 0.15) is 48.8 Å².